The van der Waals surface area contributed by atoms with Crippen LogP contribution in [-0.2, 0) is 5.60 Å². The van der Waals surface area contributed by atoms with Gasteiger partial charge in [-0.25, -0.2) is 0 Å². The molecule has 4 aromatic carbocycles. The third kappa shape index (κ3) is 2.43. The zero-order chi connectivity index (χ0) is 19.3. The predicted molar refractivity (Wildman–Crippen MR) is 115 cm³/mol. The van der Waals surface area contributed by atoms with E-state index in [1.807, 2.05) is 30.3 Å². The van der Waals surface area contributed by atoms with E-state index in [1.165, 1.54) is 0 Å². The minimum Gasteiger partial charge on any atom is -0.469 e. The molecule has 29 heavy (non-hydrogen) atoms. The fourth-order valence-corrected chi connectivity index (χ4v) is 4.23. The molecule has 0 atom stereocenters. The van der Waals surface area contributed by atoms with Crippen LogP contribution in [-0.4, -0.2) is 0 Å². The molecule has 6 rings (SSSR count). The largest absolute Gasteiger partial charge is 0.469 e. The van der Waals surface area contributed by atoms with Crippen LogP contribution in [0.2, 0.25) is 0 Å². The van der Waals surface area contributed by atoms with E-state index in [0.717, 1.165) is 44.4 Å². The van der Waals surface area contributed by atoms with Crippen molar-refractivity contribution in [2.45, 2.75) is 5.60 Å². The maximum atomic E-state index is 6.78. The second kappa shape index (κ2) is 6.11. The first-order chi connectivity index (χ1) is 14.3. The van der Waals surface area contributed by atoms with Gasteiger partial charge in [-0.05, 0) is 18.2 Å². The van der Waals surface area contributed by atoms with E-state index in [1.54, 1.807) is 0 Å². The standard InChI is InChI=1S/C27H18O2/c1-3-10-22(11-4-1)27(23-12-5-2-6-13-23)18-21-16-15-20-17-19-9-7-8-14-24(19)28-25(20)26(21)29-27/h1-18H. The highest BCUT2D eigenvalue weighted by Gasteiger charge is 2.40. The smallest absolute Gasteiger partial charge is 0.179 e. The van der Waals surface area contributed by atoms with Gasteiger partial charge in [0.15, 0.2) is 17.1 Å². The van der Waals surface area contributed by atoms with Gasteiger partial charge in [0.25, 0.3) is 0 Å². The fourth-order valence-electron chi connectivity index (χ4n) is 4.23. The molecule has 0 unspecified atom stereocenters. The summed E-state index contributed by atoms with van der Waals surface area (Å²) in [5.74, 6) is 2.43. The normalized spacial score (nSPS) is 14.9. The van der Waals surface area contributed by atoms with Gasteiger partial charge in [-0.1, -0.05) is 91.0 Å². The third-order valence-electron chi connectivity index (χ3n) is 5.64. The number of para-hydroxylation sites is 1. The van der Waals surface area contributed by atoms with Crippen LogP contribution in [0.5, 0.6) is 17.2 Å². The molecule has 2 nitrogen and oxygen atoms in total. The lowest BCUT2D eigenvalue weighted by molar-refractivity contribution is 0.186. The summed E-state index contributed by atoms with van der Waals surface area (Å²) in [7, 11) is 0. The Morgan fingerprint density at radius 3 is 1.90 bits per heavy atom. The minimum atomic E-state index is -0.680. The number of hydrogen-bond donors (Lipinski definition) is 0. The summed E-state index contributed by atoms with van der Waals surface area (Å²) in [4.78, 5) is 0. The average molecular weight is 374 g/mol. The van der Waals surface area contributed by atoms with Crippen LogP contribution in [0.1, 0.15) is 16.7 Å². The van der Waals surface area contributed by atoms with Gasteiger partial charge in [-0.15, -0.1) is 0 Å². The summed E-state index contributed by atoms with van der Waals surface area (Å²) in [5, 5.41) is 2.08. The van der Waals surface area contributed by atoms with Gasteiger partial charge in [-0.3, -0.25) is 0 Å². The summed E-state index contributed by atoms with van der Waals surface area (Å²) in [6, 6.07) is 33.0. The van der Waals surface area contributed by atoms with E-state index in [0.29, 0.717) is 0 Å². The molecule has 0 aliphatic carbocycles. The molecule has 0 N–H and O–H groups in total. The number of hydrogen-bond acceptors (Lipinski definition) is 2. The summed E-state index contributed by atoms with van der Waals surface area (Å²) in [6.07, 6.45) is 4.36. The molecule has 138 valence electrons. The van der Waals surface area contributed by atoms with Crippen LogP contribution in [0.3, 0.4) is 0 Å². The molecule has 0 saturated heterocycles. The van der Waals surface area contributed by atoms with Crippen molar-refractivity contribution in [3.63, 3.8) is 0 Å². The summed E-state index contributed by atoms with van der Waals surface area (Å²) in [5.41, 5.74) is 2.59. The Hall–Kier alpha value is -3.78. The molecule has 0 bridgehead atoms. The molecule has 4 aromatic rings. The van der Waals surface area contributed by atoms with E-state index >= 15 is 0 Å². The van der Waals surface area contributed by atoms with Gasteiger partial charge in [0, 0.05) is 27.1 Å². The van der Waals surface area contributed by atoms with Crippen LogP contribution in [0.4, 0.5) is 0 Å². The average Bonchev–Trinajstić information content (AvgIpc) is 3.21. The Labute approximate surface area is 169 Å². The van der Waals surface area contributed by atoms with Gasteiger partial charge >= 0.3 is 0 Å². The maximum absolute atomic E-state index is 6.78. The lowest BCUT2D eigenvalue weighted by Gasteiger charge is -2.30. The van der Waals surface area contributed by atoms with Crippen molar-refractivity contribution in [3.05, 3.63) is 124 Å². The van der Waals surface area contributed by atoms with Gasteiger partial charge in [0.1, 0.15) is 5.75 Å². The SMILES string of the molecule is C1=c2ccc3c(c2Oc2ccccc21)OC(c1ccccc1)(c1ccccc1)C=3. The van der Waals surface area contributed by atoms with E-state index in [2.05, 4.69) is 78.9 Å². The zero-order valence-electron chi connectivity index (χ0n) is 15.7. The first kappa shape index (κ1) is 16.2. The zero-order valence-corrected chi connectivity index (χ0v) is 15.7. The van der Waals surface area contributed by atoms with Gasteiger partial charge < -0.3 is 9.47 Å². The Kier molecular flexibility index (Phi) is 3.41. The van der Waals surface area contributed by atoms with Crippen LogP contribution in [0, 0.1) is 0 Å². The van der Waals surface area contributed by atoms with Gasteiger partial charge in [-0.2, -0.15) is 0 Å². The van der Waals surface area contributed by atoms with Gasteiger partial charge in [0.2, 0.25) is 0 Å². The molecule has 2 aliphatic heterocycles. The minimum absolute atomic E-state index is 0.680. The van der Waals surface area contributed by atoms with E-state index in [4.69, 9.17) is 9.47 Å². The summed E-state index contributed by atoms with van der Waals surface area (Å²) in [6.45, 7) is 0. The monoisotopic (exact) mass is 374 g/mol. The van der Waals surface area contributed by atoms with Crippen molar-refractivity contribution in [3.8, 4) is 17.2 Å². The lowest BCUT2D eigenvalue weighted by atomic mass is 9.86. The van der Waals surface area contributed by atoms with Crippen LogP contribution < -0.4 is 19.9 Å². The first-order valence-corrected chi connectivity index (χ1v) is 9.78. The second-order valence-electron chi connectivity index (χ2n) is 7.40. The van der Waals surface area contributed by atoms with Crippen molar-refractivity contribution in [2.75, 3.05) is 0 Å². The molecule has 2 heterocycles. The molecule has 0 spiro atoms. The van der Waals surface area contributed by atoms with Crippen molar-refractivity contribution in [1.29, 1.82) is 0 Å². The second-order valence-corrected chi connectivity index (χ2v) is 7.40. The number of rotatable bonds is 2. The van der Waals surface area contributed by atoms with Gasteiger partial charge in [0.05, 0.1) is 0 Å². The lowest BCUT2D eigenvalue weighted by Crippen LogP contribution is -2.29. The molecule has 0 saturated carbocycles. The molecule has 0 aromatic heterocycles. The van der Waals surface area contributed by atoms with Crippen LogP contribution in [0.15, 0.2) is 97.1 Å². The molecule has 0 radical (unpaired) electrons. The van der Waals surface area contributed by atoms with Crippen LogP contribution >= 0.6 is 0 Å². The fraction of sp³-hybridized carbons (Fsp3) is 0.0370. The number of ether oxygens (including phenoxy) is 2. The highest BCUT2D eigenvalue weighted by Crippen LogP contribution is 2.43. The summed E-state index contributed by atoms with van der Waals surface area (Å²) < 4.78 is 13.1. The van der Waals surface area contributed by atoms with Crippen molar-refractivity contribution >= 4 is 12.2 Å². The van der Waals surface area contributed by atoms with Crippen LogP contribution in [0.25, 0.3) is 12.2 Å². The molecule has 0 fully saturated rings. The number of fused-ring (bicyclic) bond motifs is 4. The summed E-state index contributed by atoms with van der Waals surface area (Å²) >= 11 is 0. The molecule has 2 aliphatic rings. The molecular formula is C27H18O2. The van der Waals surface area contributed by atoms with E-state index < -0.39 is 5.60 Å². The number of benzene rings is 4. The van der Waals surface area contributed by atoms with Crippen molar-refractivity contribution < 1.29 is 9.47 Å². The van der Waals surface area contributed by atoms with Crippen molar-refractivity contribution in [2.24, 2.45) is 0 Å². The Morgan fingerprint density at radius 2 is 1.17 bits per heavy atom. The van der Waals surface area contributed by atoms with E-state index in [9.17, 15) is 0 Å². The predicted octanol–water partition coefficient (Wildman–Crippen LogP) is 4.74. The quantitative estimate of drug-likeness (QED) is 0.444. The molecule has 0 amide bonds. The highest BCUT2D eigenvalue weighted by molar-refractivity contribution is 5.69. The Morgan fingerprint density at radius 1 is 0.552 bits per heavy atom. The maximum Gasteiger partial charge on any atom is 0.179 e. The first-order valence-electron chi connectivity index (χ1n) is 9.78. The Balaban J connectivity index is 1.58. The molecule has 2 heteroatoms. The van der Waals surface area contributed by atoms with Crippen molar-refractivity contribution in [1.82, 2.24) is 0 Å². The topological polar surface area (TPSA) is 18.5 Å². The highest BCUT2D eigenvalue weighted by atomic mass is 16.5. The third-order valence-corrected chi connectivity index (χ3v) is 5.64. The molecular weight excluding hydrogens is 356 g/mol. The van der Waals surface area contributed by atoms with E-state index in [-0.39, 0.29) is 0 Å². The Bertz CT molecular complexity index is 1300.